The Bertz CT molecular complexity index is 609. The molecule has 7 heteroatoms. The molecule has 1 aliphatic heterocycles. The van der Waals surface area contributed by atoms with Gasteiger partial charge in [0.15, 0.2) is 0 Å². The van der Waals surface area contributed by atoms with E-state index in [9.17, 15) is 18.0 Å². The number of piperidine rings is 1. The maximum Gasteiger partial charge on any atom is 0.418 e. The average molecular weight is 344 g/mol. The van der Waals surface area contributed by atoms with E-state index in [1.165, 1.54) is 13.1 Å². The topological polar surface area (TPSA) is 42.4 Å². The summed E-state index contributed by atoms with van der Waals surface area (Å²) in [5.41, 5.74) is -0.833. The highest BCUT2D eigenvalue weighted by molar-refractivity contribution is 5.68. The van der Waals surface area contributed by atoms with E-state index in [0.29, 0.717) is 18.7 Å². The molecule has 0 aromatic carbocycles. The third-order valence-electron chi connectivity index (χ3n) is 3.96. The summed E-state index contributed by atoms with van der Waals surface area (Å²) in [6.07, 6.45) is -1.93. The van der Waals surface area contributed by atoms with Crippen molar-refractivity contribution in [1.82, 2.24) is 9.88 Å². The molecular weight excluding hydrogens is 321 g/mol. The molecule has 0 radical (unpaired) electrons. The minimum Gasteiger partial charge on any atom is -0.444 e. The Labute approximate surface area is 140 Å². The van der Waals surface area contributed by atoms with Crippen molar-refractivity contribution < 1.29 is 22.7 Å². The standard InChI is InChI=1S/C17H23F3N2O2/c1-11-14(17(18,19)20)8-13(9-21-11)12-6-5-7-22(10-12)15(23)24-16(2,3)4/h8-9,12H,5-7,10H2,1-4H3. The van der Waals surface area contributed by atoms with E-state index in [1.807, 2.05) is 0 Å². The summed E-state index contributed by atoms with van der Waals surface area (Å²) in [4.78, 5) is 17.6. The number of carbonyl (C=O) groups excluding carboxylic acids is 1. The average Bonchev–Trinajstić information content (AvgIpc) is 2.45. The van der Waals surface area contributed by atoms with Crippen molar-refractivity contribution in [2.75, 3.05) is 13.1 Å². The summed E-state index contributed by atoms with van der Waals surface area (Å²) in [6.45, 7) is 7.59. The first kappa shape index (κ1) is 18.5. The largest absolute Gasteiger partial charge is 0.444 e. The molecule has 4 nitrogen and oxygen atoms in total. The second kappa shape index (κ2) is 6.61. The zero-order valence-electron chi connectivity index (χ0n) is 14.4. The number of rotatable bonds is 1. The van der Waals surface area contributed by atoms with Crippen molar-refractivity contribution in [1.29, 1.82) is 0 Å². The van der Waals surface area contributed by atoms with Crippen LogP contribution in [0.1, 0.15) is 56.4 Å². The van der Waals surface area contributed by atoms with E-state index in [2.05, 4.69) is 4.98 Å². The number of carbonyl (C=O) groups is 1. The van der Waals surface area contributed by atoms with Gasteiger partial charge in [0.2, 0.25) is 0 Å². The third kappa shape index (κ3) is 4.61. The number of halogens is 3. The maximum absolute atomic E-state index is 13.1. The first-order chi connectivity index (χ1) is 11.0. The van der Waals surface area contributed by atoms with Crippen LogP contribution in [0.5, 0.6) is 0 Å². The highest BCUT2D eigenvalue weighted by Crippen LogP contribution is 2.35. The fourth-order valence-electron chi connectivity index (χ4n) is 2.80. The van der Waals surface area contributed by atoms with Crippen molar-refractivity contribution in [2.45, 2.75) is 58.2 Å². The lowest BCUT2D eigenvalue weighted by Gasteiger charge is -2.34. The summed E-state index contributed by atoms with van der Waals surface area (Å²) >= 11 is 0. The Balaban J connectivity index is 2.17. The lowest BCUT2D eigenvalue weighted by molar-refractivity contribution is -0.138. The smallest absolute Gasteiger partial charge is 0.418 e. The number of amides is 1. The van der Waals surface area contributed by atoms with E-state index < -0.39 is 23.4 Å². The summed E-state index contributed by atoms with van der Waals surface area (Å²) < 4.78 is 44.5. The number of aryl methyl sites for hydroxylation is 1. The Kier molecular flexibility index (Phi) is 5.11. The van der Waals surface area contributed by atoms with Gasteiger partial charge >= 0.3 is 12.3 Å². The lowest BCUT2D eigenvalue weighted by Crippen LogP contribution is -2.42. The van der Waals surface area contributed by atoms with Crippen LogP contribution in [-0.4, -0.2) is 34.7 Å². The maximum atomic E-state index is 13.1. The number of alkyl halides is 3. The van der Waals surface area contributed by atoms with E-state index in [1.54, 1.807) is 25.7 Å². The van der Waals surface area contributed by atoms with Crippen LogP contribution in [0.4, 0.5) is 18.0 Å². The predicted octanol–water partition coefficient (Wildman–Crippen LogP) is 4.52. The second-order valence-corrected chi connectivity index (χ2v) is 7.16. The van der Waals surface area contributed by atoms with Gasteiger partial charge in [0.1, 0.15) is 5.60 Å². The molecule has 134 valence electrons. The van der Waals surface area contributed by atoms with Crippen molar-refractivity contribution >= 4 is 6.09 Å². The fourth-order valence-corrected chi connectivity index (χ4v) is 2.80. The quantitative estimate of drug-likeness (QED) is 0.752. The third-order valence-corrected chi connectivity index (χ3v) is 3.96. The van der Waals surface area contributed by atoms with Gasteiger partial charge in [-0.25, -0.2) is 4.79 Å². The normalized spacial score (nSPS) is 19.3. The van der Waals surface area contributed by atoms with Crippen molar-refractivity contribution in [3.8, 4) is 0 Å². The van der Waals surface area contributed by atoms with Crippen molar-refractivity contribution in [3.63, 3.8) is 0 Å². The molecule has 1 aromatic rings. The Morgan fingerprint density at radius 2 is 2.00 bits per heavy atom. The Morgan fingerprint density at radius 3 is 2.58 bits per heavy atom. The lowest BCUT2D eigenvalue weighted by atomic mass is 9.90. The SMILES string of the molecule is Cc1ncc(C2CCCN(C(=O)OC(C)(C)C)C2)cc1C(F)(F)F. The van der Waals surface area contributed by atoms with Crippen LogP contribution in [0.3, 0.4) is 0 Å². The van der Waals surface area contributed by atoms with E-state index in [-0.39, 0.29) is 11.6 Å². The van der Waals surface area contributed by atoms with Gasteiger partial charge in [0.25, 0.3) is 0 Å². The van der Waals surface area contributed by atoms with Gasteiger partial charge in [-0.05, 0) is 52.2 Å². The van der Waals surface area contributed by atoms with Gasteiger partial charge in [-0.2, -0.15) is 13.2 Å². The Morgan fingerprint density at radius 1 is 1.33 bits per heavy atom. The molecule has 0 N–H and O–H groups in total. The van der Waals surface area contributed by atoms with Crippen LogP contribution in [-0.2, 0) is 10.9 Å². The van der Waals surface area contributed by atoms with Gasteiger partial charge in [-0.15, -0.1) is 0 Å². The number of ether oxygens (including phenoxy) is 1. The monoisotopic (exact) mass is 344 g/mol. The van der Waals surface area contributed by atoms with Crippen molar-refractivity contribution in [3.05, 3.63) is 29.1 Å². The molecule has 1 unspecified atom stereocenters. The molecule has 1 aromatic heterocycles. The van der Waals surface area contributed by atoms with Gasteiger partial charge in [0.05, 0.1) is 5.56 Å². The molecule has 1 fully saturated rings. The molecule has 0 saturated carbocycles. The van der Waals surface area contributed by atoms with E-state index in [4.69, 9.17) is 4.74 Å². The molecule has 1 amide bonds. The van der Waals surface area contributed by atoms with E-state index in [0.717, 1.165) is 18.9 Å². The number of hydrogen-bond acceptors (Lipinski definition) is 3. The number of likely N-dealkylation sites (tertiary alicyclic amines) is 1. The predicted molar refractivity (Wildman–Crippen MR) is 83.8 cm³/mol. The fraction of sp³-hybridized carbons (Fsp3) is 0.647. The van der Waals surface area contributed by atoms with Crippen LogP contribution in [0.25, 0.3) is 0 Å². The van der Waals surface area contributed by atoms with Gasteiger partial charge in [-0.1, -0.05) is 0 Å². The summed E-state index contributed by atoms with van der Waals surface area (Å²) in [6, 6.07) is 1.16. The molecule has 0 aliphatic carbocycles. The molecule has 0 bridgehead atoms. The zero-order valence-corrected chi connectivity index (χ0v) is 14.4. The van der Waals surface area contributed by atoms with Gasteiger partial charge < -0.3 is 9.64 Å². The first-order valence-electron chi connectivity index (χ1n) is 7.99. The minimum atomic E-state index is -4.42. The minimum absolute atomic E-state index is 0.0361. The van der Waals surface area contributed by atoms with Gasteiger partial charge in [-0.3, -0.25) is 4.98 Å². The molecule has 1 saturated heterocycles. The Hall–Kier alpha value is -1.79. The van der Waals surface area contributed by atoms with Crippen molar-refractivity contribution in [2.24, 2.45) is 0 Å². The molecular formula is C17H23F3N2O2. The number of hydrogen-bond donors (Lipinski definition) is 0. The van der Waals surface area contributed by atoms with Crippen LogP contribution >= 0.6 is 0 Å². The van der Waals surface area contributed by atoms with E-state index >= 15 is 0 Å². The molecule has 24 heavy (non-hydrogen) atoms. The molecule has 0 spiro atoms. The molecule has 1 atom stereocenters. The van der Waals surface area contributed by atoms with Crippen LogP contribution in [0, 0.1) is 6.92 Å². The first-order valence-corrected chi connectivity index (χ1v) is 7.99. The van der Waals surface area contributed by atoms with Crippen LogP contribution < -0.4 is 0 Å². The molecule has 1 aliphatic rings. The summed E-state index contributed by atoms with van der Waals surface area (Å²) in [7, 11) is 0. The number of aromatic nitrogens is 1. The van der Waals surface area contributed by atoms with Crippen LogP contribution in [0.15, 0.2) is 12.3 Å². The van der Waals surface area contributed by atoms with Gasteiger partial charge in [0, 0.05) is 30.9 Å². The molecule has 2 rings (SSSR count). The molecule has 2 heterocycles. The summed E-state index contributed by atoms with van der Waals surface area (Å²) in [5, 5.41) is 0. The number of nitrogens with zero attached hydrogens (tertiary/aromatic N) is 2. The highest BCUT2D eigenvalue weighted by atomic mass is 19.4. The van der Waals surface area contributed by atoms with Crippen LogP contribution in [0.2, 0.25) is 0 Å². The number of pyridine rings is 1. The highest BCUT2D eigenvalue weighted by Gasteiger charge is 2.35. The second-order valence-electron chi connectivity index (χ2n) is 7.16. The summed E-state index contributed by atoms with van der Waals surface area (Å²) in [5.74, 6) is -0.166. The zero-order chi connectivity index (χ0) is 18.1.